The Balaban J connectivity index is 1.54. The molecule has 2 N–H and O–H groups in total. The van der Waals surface area contributed by atoms with E-state index in [-0.39, 0.29) is 23.7 Å². The third kappa shape index (κ3) is 3.82. The molecule has 0 saturated carbocycles. The van der Waals surface area contributed by atoms with Crippen LogP contribution in [0.2, 0.25) is 0 Å². The van der Waals surface area contributed by atoms with Gasteiger partial charge in [0.05, 0.1) is 32.4 Å². The minimum atomic E-state index is -0.556. The summed E-state index contributed by atoms with van der Waals surface area (Å²) in [6.07, 6.45) is 2.19. The van der Waals surface area contributed by atoms with Crippen LogP contribution in [-0.2, 0) is 17.3 Å². The fraction of sp³-hybridized carbons (Fsp3) is 0.600. The van der Waals surface area contributed by atoms with Crippen molar-refractivity contribution in [2.75, 3.05) is 27.5 Å². The van der Waals surface area contributed by atoms with Crippen molar-refractivity contribution in [2.24, 2.45) is 5.92 Å². The van der Waals surface area contributed by atoms with E-state index in [1.54, 1.807) is 7.11 Å². The molecule has 2 aromatic rings. The number of aliphatic hydroxyl groups excluding tert-OH is 1. The second-order valence-electron chi connectivity index (χ2n) is 12.3. The van der Waals surface area contributed by atoms with Crippen molar-refractivity contribution in [3.63, 3.8) is 0 Å². The summed E-state index contributed by atoms with van der Waals surface area (Å²) in [5, 5.41) is 11.7. The lowest BCUT2D eigenvalue weighted by molar-refractivity contribution is -0.915. The van der Waals surface area contributed by atoms with Gasteiger partial charge in [0.2, 0.25) is 12.5 Å². The molecule has 0 fully saturated rings. The number of benzene rings is 2. The van der Waals surface area contributed by atoms with Crippen molar-refractivity contribution < 1.29 is 24.2 Å². The molecule has 2 aromatic carbocycles. The zero-order valence-corrected chi connectivity index (χ0v) is 22.7. The minimum Gasteiger partial charge on any atom is -0.492 e. The normalized spacial score (nSPS) is 26.6. The zero-order valence-electron chi connectivity index (χ0n) is 22.7. The maximum atomic E-state index is 11.7. The van der Waals surface area contributed by atoms with E-state index in [1.807, 2.05) is 0 Å². The number of aliphatic hydroxyl groups is 1. The minimum absolute atomic E-state index is 0.0903. The highest BCUT2D eigenvalue weighted by Gasteiger charge is 2.43. The van der Waals surface area contributed by atoms with E-state index < -0.39 is 6.10 Å². The predicted octanol–water partition coefficient (Wildman–Crippen LogP) is 4.56. The first kappa shape index (κ1) is 24.5. The Hall–Kier alpha value is -2.24. The fourth-order valence-corrected chi connectivity index (χ4v) is 6.86. The molecule has 35 heavy (non-hydrogen) atoms. The van der Waals surface area contributed by atoms with E-state index in [0.29, 0.717) is 18.1 Å². The average molecular weight is 481 g/mol. The summed E-state index contributed by atoms with van der Waals surface area (Å²) >= 11 is 0. The number of likely N-dealkylation sites (N-methyl/N-ethyl adjacent to an activating group) is 1. The predicted molar refractivity (Wildman–Crippen MR) is 138 cm³/mol. The van der Waals surface area contributed by atoms with E-state index in [2.05, 4.69) is 66.8 Å². The molecule has 3 aliphatic rings. The molecule has 4 atom stereocenters. The third-order valence-corrected chi connectivity index (χ3v) is 9.38. The van der Waals surface area contributed by atoms with Gasteiger partial charge in [-0.3, -0.25) is 0 Å². The maximum Gasteiger partial charge on any atom is 0.231 e. The Kier molecular flexibility index (Phi) is 5.88. The largest absolute Gasteiger partial charge is 0.492 e. The van der Waals surface area contributed by atoms with Gasteiger partial charge in [-0.1, -0.05) is 46.8 Å². The van der Waals surface area contributed by atoms with Crippen LogP contribution in [0.3, 0.4) is 0 Å². The van der Waals surface area contributed by atoms with Gasteiger partial charge >= 0.3 is 0 Å². The third-order valence-electron chi connectivity index (χ3n) is 9.38. The van der Waals surface area contributed by atoms with Crippen LogP contribution < -0.4 is 19.1 Å². The Morgan fingerprint density at radius 2 is 1.89 bits per heavy atom. The Labute approximate surface area is 210 Å². The van der Waals surface area contributed by atoms with Crippen molar-refractivity contribution in [1.29, 1.82) is 0 Å². The van der Waals surface area contributed by atoms with Crippen LogP contribution in [0, 0.1) is 12.8 Å². The molecule has 1 aliphatic carbocycles. The first-order chi connectivity index (χ1) is 16.5. The number of hydrogen-bond acceptors (Lipinski definition) is 4. The summed E-state index contributed by atoms with van der Waals surface area (Å²) in [5.41, 5.74) is 7.69. The van der Waals surface area contributed by atoms with E-state index >= 15 is 0 Å². The van der Waals surface area contributed by atoms with Gasteiger partial charge < -0.3 is 24.2 Å². The summed E-state index contributed by atoms with van der Waals surface area (Å²) < 4.78 is 17.3. The Bertz CT molecular complexity index is 1150. The van der Waals surface area contributed by atoms with Crippen LogP contribution in [0.5, 0.6) is 17.2 Å². The number of methoxy groups -OCH3 is 1. The van der Waals surface area contributed by atoms with Crippen molar-refractivity contribution in [3.8, 4) is 17.2 Å². The molecule has 5 nitrogen and oxygen atoms in total. The lowest BCUT2D eigenvalue weighted by Gasteiger charge is -2.47. The maximum absolute atomic E-state index is 11.7. The fourth-order valence-electron chi connectivity index (χ4n) is 6.86. The molecule has 0 aromatic heterocycles. The molecular weight excluding hydrogens is 438 g/mol. The number of fused-ring (bicyclic) bond motifs is 3. The number of hydrogen-bond donors (Lipinski definition) is 2. The molecule has 5 heteroatoms. The van der Waals surface area contributed by atoms with Gasteiger partial charge in [0, 0.05) is 12.8 Å². The van der Waals surface area contributed by atoms with Crippen molar-refractivity contribution >= 4 is 0 Å². The summed E-state index contributed by atoms with van der Waals surface area (Å²) in [5.74, 6) is 2.84. The number of nitrogens with one attached hydrogen (secondary N) is 1. The molecular formula is C30H42NO4+. The SMILES string of the molecule is COc1c2c(cc3c1[C@H](C[C@@H](O)c1cc4c(cc1C)C(C)(C)[C@@H](C)CC4(C)C)[NH+](C)CC3)OCO2. The van der Waals surface area contributed by atoms with Crippen LogP contribution in [0.4, 0.5) is 0 Å². The van der Waals surface area contributed by atoms with Gasteiger partial charge in [-0.2, -0.15) is 0 Å². The van der Waals surface area contributed by atoms with Crippen LogP contribution >= 0.6 is 0 Å². The zero-order chi connectivity index (χ0) is 25.3. The van der Waals surface area contributed by atoms with Gasteiger partial charge in [0.1, 0.15) is 6.04 Å². The van der Waals surface area contributed by atoms with Gasteiger partial charge in [-0.25, -0.2) is 0 Å². The highest BCUT2D eigenvalue weighted by molar-refractivity contribution is 5.61. The second kappa shape index (κ2) is 8.41. The topological polar surface area (TPSA) is 52.4 Å². The number of rotatable bonds is 4. The molecule has 2 heterocycles. The molecule has 0 saturated heterocycles. The molecule has 0 bridgehead atoms. The molecule has 0 radical (unpaired) electrons. The van der Waals surface area contributed by atoms with Gasteiger partial charge in [0.25, 0.3) is 0 Å². The van der Waals surface area contributed by atoms with E-state index in [9.17, 15) is 5.11 Å². The first-order valence-electron chi connectivity index (χ1n) is 13.1. The number of ether oxygens (including phenoxy) is 3. The molecule has 0 spiro atoms. The van der Waals surface area contributed by atoms with Crippen molar-refractivity contribution in [2.45, 2.75) is 83.8 Å². The molecule has 1 unspecified atom stereocenters. The summed E-state index contributed by atoms with van der Waals surface area (Å²) in [7, 11) is 3.92. The average Bonchev–Trinajstić information content (AvgIpc) is 3.26. The second-order valence-corrected chi connectivity index (χ2v) is 12.3. The first-order valence-corrected chi connectivity index (χ1v) is 13.1. The summed E-state index contributed by atoms with van der Waals surface area (Å²) in [6, 6.07) is 6.90. The Morgan fingerprint density at radius 1 is 1.14 bits per heavy atom. The summed E-state index contributed by atoms with van der Waals surface area (Å²) in [4.78, 5) is 1.39. The van der Waals surface area contributed by atoms with Crippen molar-refractivity contribution in [3.05, 3.63) is 51.6 Å². The quantitative estimate of drug-likeness (QED) is 0.674. The lowest BCUT2D eigenvalue weighted by atomic mass is 9.58. The number of quaternary nitrogens is 1. The summed E-state index contributed by atoms with van der Waals surface area (Å²) in [6.45, 7) is 15.2. The van der Waals surface area contributed by atoms with E-state index in [0.717, 1.165) is 42.0 Å². The number of aryl methyl sites for hydroxylation is 1. The highest BCUT2D eigenvalue weighted by atomic mass is 16.7. The van der Waals surface area contributed by atoms with Crippen LogP contribution in [0.1, 0.15) is 93.0 Å². The van der Waals surface area contributed by atoms with Gasteiger partial charge in [0.15, 0.2) is 11.5 Å². The molecule has 2 aliphatic heterocycles. The monoisotopic (exact) mass is 480 g/mol. The molecule has 5 rings (SSSR count). The van der Waals surface area contributed by atoms with Gasteiger partial charge in [-0.05, 0) is 64.0 Å². The van der Waals surface area contributed by atoms with Crippen molar-refractivity contribution in [1.82, 2.24) is 0 Å². The smallest absolute Gasteiger partial charge is 0.231 e. The Morgan fingerprint density at radius 3 is 2.60 bits per heavy atom. The van der Waals surface area contributed by atoms with Crippen LogP contribution in [0.15, 0.2) is 18.2 Å². The lowest BCUT2D eigenvalue weighted by Crippen LogP contribution is -3.10. The van der Waals surface area contributed by atoms with Crippen LogP contribution in [0.25, 0.3) is 0 Å². The standard InChI is InChI=1S/C30H41NO4/c1-17-11-22-21(29(3,4)15-18(2)30(22,5)6)13-20(17)24(32)14-23-26-19(9-10-31(23)7)12-25-27(28(26)33-8)35-16-34-25/h11-13,18,23-24,32H,9-10,14-16H2,1-8H3/p+1/t18-,23-,24+/m0/s1. The van der Waals surface area contributed by atoms with E-state index in [1.165, 1.54) is 27.2 Å². The van der Waals surface area contributed by atoms with Crippen LogP contribution in [-0.4, -0.2) is 32.6 Å². The highest BCUT2D eigenvalue weighted by Crippen LogP contribution is 2.51. The van der Waals surface area contributed by atoms with Gasteiger partial charge in [-0.15, -0.1) is 0 Å². The van der Waals surface area contributed by atoms with E-state index in [4.69, 9.17) is 14.2 Å². The molecule has 0 amide bonds. The molecule has 190 valence electrons.